The van der Waals surface area contributed by atoms with E-state index in [1.165, 1.54) is 11.1 Å². The molecule has 0 aliphatic heterocycles. The van der Waals surface area contributed by atoms with Gasteiger partial charge in [-0.2, -0.15) is 0 Å². The van der Waals surface area contributed by atoms with Gasteiger partial charge in [0.2, 0.25) is 0 Å². The summed E-state index contributed by atoms with van der Waals surface area (Å²) < 4.78 is 5.90. The Hall–Kier alpha value is -3.39. The summed E-state index contributed by atoms with van der Waals surface area (Å²) in [5.74, 6) is 0.895. The molecule has 3 aromatic carbocycles. The SMILES string of the molecule is O=C(c1ccccc1)C1CC(c2ccccc2)(c2ccccc2)[C@@H]1c1ccco1. The molecule has 2 heteroatoms. The molecule has 2 nitrogen and oxygen atoms in total. The van der Waals surface area contributed by atoms with Crippen molar-refractivity contribution in [3.63, 3.8) is 0 Å². The first-order valence-electron chi connectivity index (χ1n) is 10.0. The Morgan fingerprint density at radius 3 is 1.79 bits per heavy atom. The van der Waals surface area contributed by atoms with Crippen LogP contribution < -0.4 is 0 Å². The maximum Gasteiger partial charge on any atom is 0.166 e. The molecule has 29 heavy (non-hydrogen) atoms. The molecule has 1 saturated carbocycles. The fourth-order valence-corrected chi connectivity index (χ4v) is 4.98. The van der Waals surface area contributed by atoms with Gasteiger partial charge in [-0.25, -0.2) is 0 Å². The molecule has 0 radical (unpaired) electrons. The molecule has 4 aromatic rings. The number of hydrogen-bond donors (Lipinski definition) is 0. The molecule has 0 amide bonds. The molecular formula is C27H22O2. The molecule has 142 valence electrons. The number of furan rings is 1. The zero-order chi connectivity index (χ0) is 19.7. The van der Waals surface area contributed by atoms with E-state index in [1.807, 2.05) is 54.6 Å². The maximum absolute atomic E-state index is 13.4. The van der Waals surface area contributed by atoms with Gasteiger partial charge in [0.15, 0.2) is 5.78 Å². The van der Waals surface area contributed by atoms with Crippen molar-refractivity contribution in [2.75, 3.05) is 0 Å². The van der Waals surface area contributed by atoms with Crippen LogP contribution in [-0.2, 0) is 5.41 Å². The summed E-state index contributed by atoms with van der Waals surface area (Å²) in [4.78, 5) is 13.4. The van der Waals surface area contributed by atoms with Crippen molar-refractivity contribution in [3.05, 3.63) is 132 Å². The fourth-order valence-electron chi connectivity index (χ4n) is 4.98. The van der Waals surface area contributed by atoms with Gasteiger partial charge in [0.25, 0.3) is 0 Å². The predicted molar refractivity (Wildman–Crippen MR) is 114 cm³/mol. The van der Waals surface area contributed by atoms with Crippen LogP contribution in [0, 0.1) is 5.92 Å². The molecule has 5 rings (SSSR count). The highest BCUT2D eigenvalue weighted by molar-refractivity contribution is 5.99. The van der Waals surface area contributed by atoms with Crippen LogP contribution >= 0.6 is 0 Å². The van der Waals surface area contributed by atoms with Crippen molar-refractivity contribution in [1.29, 1.82) is 0 Å². The number of rotatable bonds is 5. The lowest BCUT2D eigenvalue weighted by Gasteiger charge is -2.54. The molecule has 1 aromatic heterocycles. The number of Topliss-reactive ketones (excluding diaryl/α,β-unsaturated/α-hetero) is 1. The van der Waals surface area contributed by atoms with Crippen molar-refractivity contribution >= 4 is 5.78 Å². The molecule has 1 aliphatic carbocycles. The van der Waals surface area contributed by atoms with Gasteiger partial charge in [-0.15, -0.1) is 0 Å². The first-order chi connectivity index (χ1) is 14.3. The Morgan fingerprint density at radius 2 is 1.28 bits per heavy atom. The fraction of sp³-hybridized carbons (Fsp3) is 0.148. The van der Waals surface area contributed by atoms with Crippen molar-refractivity contribution in [2.24, 2.45) is 5.92 Å². The average molecular weight is 378 g/mol. The van der Waals surface area contributed by atoms with E-state index in [0.717, 1.165) is 17.7 Å². The van der Waals surface area contributed by atoms with Crippen LogP contribution in [-0.4, -0.2) is 5.78 Å². The largest absolute Gasteiger partial charge is 0.469 e. The summed E-state index contributed by atoms with van der Waals surface area (Å²) in [5, 5.41) is 0. The van der Waals surface area contributed by atoms with Gasteiger partial charge in [-0.05, 0) is 29.7 Å². The van der Waals surface area contributed by atoms with Crippen LogP contribution in [0.1, 0.15) is 39.6 Å². The summed E-state index contributed by atoms with van der Waals surface area (Å²) >= 11 is 0. The first kappa shape index (κ1) is 17.7. The quantitative estimate of drug-likeness (QED) is 0.384. The van der Waals surface area contributed by atoms with Gasteiger partial charge in [-0.1, -0.05) is 91.0 Å². The highest BCUT2D eigenvalue weighted by atomic mass is 16.3. The Labute approximate surface area is 170 Å². The number of hydrogen-bond acceptors (Lipinski definition) is 2. The lowest BCUT2D eigenvalue weighted by atomic mass is 9.46. The minimum atomic E-state index is -0.282. The van der Waals surface area contributed by atoms with Crippen LogP contribution in [0.25, 0.3) is 0 Å². The molecule has 0 spiro atoms. The summed E-state index contributed by atoms with van der Waals surface area (Å²) in [6.07, 6.45) is 2.47. The van der Waals surface area contributed by atoms with Crippen LogP contribution in [0.15, 0.2) is 114 Å². The monoisotopic (exact) mass is 378 g/mol. The Morgan fingerprint density at radius 1 is 0.724 bits per heavy atom. The Balaban J connectivity index is 1.66. The van der Waals surface area contributed by atoms with Gasteiger partial charge < -0.3 is 4.42 Å². The van der Waals surface area contributed by atoms with Gasteiger partial charge >= 0.3 is 0 Å². The van der Waals surface area contributed by atoms with Crippen molar-refractivity contribution in [1.82, 2.24) is 0 Å². The summed E-state index contributed by atoms with van der Waals surface area (Å²) in [5.41, 5.74) is 2.94. The van der Waals surface area contributed by atoms with Gasteiger partial charge in [0, 0.05) is 22.8 Å². The van der Waals surface area contributed by atoms with Crippen molar-refractivity contribution in [2.45, 2.75) is 17.8 Å². The molecule has 0 N–H and O–H groups in total. The smallest absolute Gasteiger partial charge is 0.166 e. The second-order valence-corrected chi connectivity index (χ2v) is 7.74. The second-order valence-electron chi connectivity index (χ2n) is 7.74. The van der Waals surface area contributed by atoms with Crippen LogP contribution in [0.2, 0.25) is 0 Å². The highest BCUT2D eigenvalue weighted by Crippen LogP contribution is 2.62. The molecule has 1 fully saturated rings. The normalized spacial score (nSPS) is 20.0. The lowest BCUT2D eigenvalue weighted by Crippen LogP contribution is -2.53. The van der Waals surface area contributed by atoms with E-state index in [2.05, 4.69) is 48.5 Å². The minimum absolute atomic E-state index is 0.0463. The first-order valence-corrected chi connectivity index (χ1v) is 10.0. The number of carbonyl (C=O) groups excluding carboxylic acids is 1. The predicted octanol–water partition coefficient (Wildman–Crippen LogP) is 6.25. The third-order valence-electron chi connectivity index (χ3n) is 6.30. The Kier molecular flexibility index (Phi) is 4.40. The highest BCUT2D eigenvalue weighted by Gasteiger charge is 2.59. The zero-order valence-corrected chi connectivity index (χ0v) is 16.1. The zero-order valence-electron chi connectivity index (χ0n) is 16.1. The molecule has 1 aliphatic rings. The van der Waals surface area contributed by atoms with E-state index < -0.39 is 0 Å². The minimum Gasteiger partial charge on any atom is -0.469 e. The molecule has 0 bridgehead atoms. The topological polar surface area (TPSA) is 30.2 Å². The number of ketones is 1. The van der Waals surface area contributed by atoms with Crippen LogP contribution in [0.5, 0.6) is 0 Å². The van der Waals surface area contributed by atoms with Crippen molar-refractivity contribution in [3.8, 4) is 0 Å². The molecule has 1 unspecified atom stereocenters. The van der Waals surface area contributed by atoms with E-state index in [-0.39, 0.29) is 23.0 Å². The average Bonchev–Trinajstić information content (AvgIpc) is 3.29. The third-order valence-corrected chi connectivity index (χ3v) is 6.30. The summed E-state index contributed by atoms with van der Waals surface area (Å²) in [6.45, 7) is 0. The lowest BCUT2D eigenvalue weighted by molar-refractivity contribution is 0.0626. The summed E-state index contributed by atoms with van der Waals surface area (Å²) in [7, 11) is 0. The molecule has 2 atom stereocenters. The molecular weight excluding hydrogens is 356 g/mol. The third kappa shape index (κ3) is 2.84. The van der Waals surface area contributed by atoms with E-state index in [0.29, 0.717) is 0 Å². The van der Waals surface area contributed by atoms with Gasteiger partial charge in [-0.3, -0.25) is 4.79 Å². The van der Waals surface area contributed by atoms with Crippen LogP contribution in [0.4, 0.5) is 0 Å². The molecule has 1 heterocycles. The van der Waals surface area contributed by atoms with Gasteiger partial charge in [0.05, 0.1) is 6.26 Å². The van der Waals surface area contributed by atoms with Crippen molar-refractivity contribution < 1.29 is 9.21 Å². The van der Waals surface area contributed by atoms with E-state index in [1.54, 1.807) is 6.26 Å². The second kappa shape index (κ2) is 7.21. The van der Waals surface area contributed by atoms with Crippen LogP contribution in [0.3, 0.4) is 0 Å². The number of carbonyl (C=O) groups is 1. The van der Waals surface area contributed by atoms with E-state index in [4.69, 9.17) is 4.42 Å². The Bertz CT molecular complexity index is 1040. The van der Waals surface area contributed by atoms with E-state index >= 15 is 0 Å². The summed E-state index contributed by atoms with van der Waals surface area (Å²) in [6, 6.07) is 34.6. The maximum atomic E-state index is 13.4. The van der Waals surface area contributed by atoms with E-state index in [9.17, 15) is 4.79 Å². The number of benzene rings is 3. The molecule has 0 saturated heterocycles. The standard InChI is InChI=1S/C27H22O2/c28-26(20-11-4-1-5-12-20)23-19-27(21-13-6-2-7-14-21,22-15-8-3-9-16-22)25(23)24-17-10-18-29-24/h1-18,23,25H,19H2/t23?,25-/m0/s1. The van der Waals surface area contributed by atoms with Gasteiger partial charge in [0.1, 0.15) is 5.76 Å².